The van der Waals surface area contributed by atoms with Gasteiger partial charge in [0.2, 0.25) is 10.0 Å². The van der Waals surface area contributed by atoms with Crippen molar-refractivity contribution in [2.75, 3.05) is 25.0 Å². The summed E-state index contributed by atoms with van der Waals surface area (Å²) in [5.41, 5.74) is 1.57. The Balaban J connectivity index is 1.68. The number of para-hydroxylation sites is 1. The molecular formula is C22H28ClN3O3S. The molecule has 0 radical (unpaired) electrons. The van der Waals surface area contributed by atoms with Gasteiger partial charge in [0, 0.05) is 42.9 Å². The molecule has 0 spiro atoms. The number of rotatable bonds is 6. The van der Waals surface area contributed by atoms with E-state index >= 15 is 0 Å². The first-order chi connectivity index (χ1) is 14.2. The van der Waals surface area contributed by atoms with Gasteiger partial charge in [-0.05, 0) is 63.1 Å². The van der Waals surface area contributed by atoms with E-state index in [0.717, 1.165) is 5.69 Å². The Labute approximate surface area is 183 Å². The van der Waals surface area contributed by atoms with E-state index < -0.39 is 10.0 Å². The number of halogens is 1. The number of nitrogens with one attached hydrogen (secondary N) is 1. The molecule has 0 aromatic heterocycles. The van der Waals surface area contributed by atoms with Crippen LogP contribution in [0.5, 0.6) is 0 Å². The lowest BCUT2D eigenvalue weighted by atomic mass is 10.0. The van der Waals surface area contributed by atoms with Crippen molar-refractivity contribution in [2.24, 2.45) is 0 Å². The molecule has 2 aromatic carbocycles. The fourth-order valence-corrected chi connectivity index (χ4v) is 4.93. The first-order valence-corrected chi connectivity index (χ1v) is 11.9. The Kier molecular flexibility index (Phi) is 7.06. The van der Waals surface area contributed by atoms with Crippen molar-refractivity contribution in [3.05, 3.63) is 59.1 Å². The molecule has 0 aliphatic carbocycles. The Hall–Kier alpha value is -2.09. The van der Waals surface area contributed by atoms with Gasteiger partial charge in [0.25, 0.3) is 5.91 Å². The average Bonchev–Trinajstić information content (AvgIpc) is 2.73. The molecule has 3 rings (SSSR count). The molecule has 2 aromatic rings. The van der Waals surface area contributed by atoms with Gasteiger partial charge in [0.15, 0.2) is 0 Å². The van der Waals surface area contributed by atoms with Crippen LogP contribution in [0.15, 0.2) is 53.4 Å². The van der Waals surface area contributed by atoms with Gasteiger partial charge in [0.1, 0.15) is 0 Å². The van der Waals surface area contributed by atoms with Gasteiger partial charge in [-0.2, -0.15) is 0 Å². The molecule has 30 heavy (non-hydrogen) atoms. The summed E-state index contributed by atoms with van der Waals surface area (Å²) in [4.78, 5) is 17.0. The van der Waals surface area contributed by atoms with Gasteiger partial charge in [-0.3, -0.25) is 4.79 Å². The molecule has 1 aliphatic rings. The van der Waals surface area contributed by atoms with Gasteiger partial charge in [-0.1, -0.05) is 23.7 Å². The Bertz CT molecular complexity index is 985. The van der Waals surface area contributed by atoms with Gasteiger partial charge < -0.3 is 9.80 Å². The normalized spacial score (nSPS) is 15.4. The second kappa shape index (κ2) is 9.37. The van der Waals surface area contributed by atoms with Crippen molar-refractivity contribution in [1.82, 2.24) is 9.62 Å². The van der Waals surface area contributed by atoms with Crippen molar-refractivity contribution >= 4 is 33.2 Å². The number of carbonyl (C=O) groups is 1. The standard InChI is InChI=1S/C22H28ClN3O3S/c1-16(2)25(3)22(27)20-6-4-5-7-21(20)26-14-12-18(13-15-26)24-30(28,29)19-10-8-17(23)9-11-19/h4-11,16,18,24H,12-15H2,1-3H3. The second-order valence-corrected chi connectivity index (χ2v) is 10.0. The fraction of sp³-hybridized carbons (Fsp3) is 0.409. The lowest BCUT2D eigenvalue weighted by molar-refractivity contribution is 0.0755. The maximum Gasteiger partial charge on any atom is 0.255 e. The minimum atomic E-state index is -3.59. The van der Waals surface area contributed by atoms with Crippen LogP contribution in [-0.4, -0.2) is 51.4 Å². The topological polar surface area (TPSA) is 69.7 Å². The van der Waals surface area contributed by atoms with Crippen LogP contribution in [0.3, 0.4) is 0 Å². The minimum absolute atomic E-state index is 0.00818. The zero-order chi connectivity index (χ0) is 21.9. The van der Waals surface area contributed by atoms with Crippen LogP contribution >= 0.6 is 11.6 Å². The van der Waals surface area contributed by atoms with Crippen LogP contribution in [0.2, 0.25) is 5.02 Å². The molecule has 1 fully saturated rings. The highest BCUT2D eigenvalue weighted by Crippen LogP contribution is 2.26. The van der Waals surface area contributed by atoms with Crippen LogP contribution in [0, 0.1) is 0 Å². The quantitative estimate of drug-likeness (QED) is 0.728. The molecular weight excluding hydrogens is 422 g/mol. The molecule has 0 unspecified atom stereocenters. The third kappa shape index (κ3) is 5.14. The lowest BCUT2D eigenvalue weighted by Crippen LogP contribution is -2.45. The largest absolute Gasteiger partial charge is 0.371 e. The smallest absolute Gasteiger partial charge is 0.255 e. The summed E-state index contributed by atoms with van der Waals surface area (Å²) in [5, 5.41) is 0.499. The maximum absolute atomic E-state index is 12.9. The van der Waals surface area contributed by atoms with Crippen LogP contribution in [0.1, 0.15) is 37.0 Å². The zero-order valence-corrected chi connectivity index (χ0v) is 19.1. The van der Waals surface area contributed by atoms with Crippen molar-refractivity contribution in [3.8, 4) is 0 Å². The van der Waals surface area contributed by atoms with E-state index in [0.29, 0.717) is 36.5 Å². The molecule has 8 heteroatoms. The summed E-state index contributed by atoms with van der Waals surface area (Å²) in [7, 11) is -1.78. The maximum atomic E-state index is 12.9. The van der Waals surface area contributed by atoms with E-state index in [1.807, 2.05) is 45.2 Å². The molecule has 0 bridgehead atoms. The molecule has 6 nitrogen and oxygen atoms in total. The Morgan fingerprint density at radius 1 is 1.10 bits per heavy atom. The number of benzene rings is 2. The zero-order valence-electron chi connectivity index (χ0n) is 17.5. The number of piperidine rings is 1. The molecule has 1 N–H and O–H groups in total. The Morgan fingerprint density at radius 2 is 1.70 bits per heavy atom. The van der Waals surface area contributed by atoms with Crippen LogP contribution in [0.25, 0.3) is 0 Å². The molecule has 1 heterocycles. The fourth-order valence-electron chi connectivity index (χ4n) is 3.49. The van der Waals surface area contributed by atoms with E-state index in [2.05, 4.69) is 9.62 Å². The summed E-state index contributed by atoms with van der Waals surface area (Å²) in [5.74, 6) is -0.00818. The SMILES string of the molecule is CC(C)N(C)C(=O)c1ccccc1N1CCC(NS(=O)(=O)c2ccc(Cl)cc2)CC1. The summed E-state index contributed by atoms with van der Waals surface area (Å²) < 4.78 is 28.1. The monoisotopic (exact) mass is 449 g/mol. The highest BCUT2D eigenvalue weighted by atomic mass is 35.5. The van der Waals surface area contributed by atoms with Gasteiger partial charge >= 0.3 is 0 Å². The first kappa shape index (κ1) is 22.6. The van der Waals surface area contributed by atoms with Gasteiger partial charge in [0.05, 0.1) is 10.5 Å². The third-order valence-corrected chi connectivity index (χ3v) is 7.30. The molecule has 162 valence electrons. The van der Waals surface area contributed by atoms with E-state index in [4.69, 9.17) is 11.6 Å². The number of hydrogen-bond acceptors (Lipinski definition) is 4. The summed E-state index contributed by atoms with van der Waals surface area (Å²) in [6, 6.07) is 13.7. The third-order valence-electron chi connectivity index (χ3n) is 5.51. The van der Waals surface area contributed by atoms with Gasteiger partial charge in [-0.15, -0.1) is 0 Å². The molecule has 0 saturated carbocycles. The highest BCUT2D eigenvalue weighted by molar-refractivity contribution is 7.89. The molecule has 0 atom stereocenters. The van der Waals surface area contributed by atoms with Crippen LogP contribution in [0.4, 0.5) is 5.69 Å². The molecule has 1 aliphatic heterocycles. The number of amides is 1. The van der Waals surface area contributed by atoms with Crippen molar-refractivity contribution < 1.29 is 13.2 Å². The summed E-state index contributed by atoms with van der Waals surface area (Å²) >= 11 is 5.85. The van der Waals surface area contributed by atoms with Crippen molar-refractivity contribution in [2.45, 2.75) is 43.7 Å². The summed E-state index contributed by atoms with van der Waals surface area (Å²) in [6.07, 6.45) is 1.32. The van der Waals surface area contributed by atoms with Crippen molar-refractivity contribution in [1.29, 1.82) is 0 Å². The minimum Gasteiger partial charge on any atom is -0.371 e. The number of hydrogen-bond donors (Lipinski definition) is 1. The summed E-state index contributed by atoms with van der Waals surface area (Å²) in [6.45, 7) is 5.31. The Morgan fingerprint density at radius 3 is 2.30 bits per heavy atom. The highest BCUT2D eigenvalue weighted by Gasteiger charge is 2.27. The number of nitrogens with zero attached hydrogens (tertiary/aromatic N) is 2. The lowest BCUT2D eigenvalue weighted by Gasteiger charge is -2.35. The van der Waals surface area contributed by atoms with E-state index in [1.165, 1.54) is 12.1 Å². The number of anilines is 1. The predicted octanol–water partition coefficient (Wildman–Crippen LogP) is 3.77. The van der Waals surface area contributed by atoms with Crippen LogP contribution < -0.4 is 9.62 Å². The van der Waals surface area contributed by atoms with Crippen molar-refractivity contribution in [3.63, 3.8) is 0 Å². The van der Waals surface area contributed by atoms with E-state index in [1.54, 1.807) is 17.0 Å². The number of carbonyl (C=O) groups excluding carboxylic acids is 1. The molecule has 1 saturated heterocycles. The van der Waals surface area contributed by atoms with Crippen LogP contribution in [-0.2, 0) is 10.0 Å². The number of sulfonamides is 1. The average molecular weight is 450 g/mol. The van der Waals surface area contributed by atoms with E-state index in [9.17, 15) is 13.2 Å². The second-order valence-electron chi connectivity index (χ2n) is 7.86. The van der Waals surface area contributed by atoms with Gasteiger partial charge in [-0.25, -0.2) is 13.1 Å². The first-order valence-electron chi connectivity index (χ1n) is 10.1. The predicted molar refractivity (Wildman–Crippen MR) is 121 cm³/mol. The van der Waals surface area contributed by atoms with E-state index in [-0.39, 0.29) is 22.9 Å². The molecule has 1 amide bonds.